The van der Waals surface area contributed by atoms with E-state index in [0.717, 1.165) is 32.6 Å². The van der Waals surface area contributed by atoms with Crippen molar-refractivity contribution in [1.29, 1.82) is 5.26 Å². The van der Waals surface area contributed by atoms with Crippen LogP contribution in [0.3, 0.4) is 0 Å². The van der Waals surface area contributed by atoms with E-state index in [2.05, 4.69) is 48.0 Å². The maximum absolute atomic E-state index is 13.0. The van der Waals surface area contributed by atoms with Crippen molar-refractivity contribution < 1.29 is 10.1 Å². The van der Waals surface area contributed by atoms with E-state index in [1.807, 2.05) is 0 Å². The van der Waals surface area contributed by atoms with Gasteiger partial charge in [-0.25, -0.2) is 0 Å². The van der Waals surface area contributed by atoms with Crippen LogP contribution in [-0.2, 0) is 4.79 Å². The summed E-state index contributed by atoms with van der Waals surface area (Å²) in [4.78, 5) is 17.7. The van der Waals surface area contributed by atoms with E-state index in [-0.39, 0.29) is 0 Å². The zero-order valence-corrected chi connectivity index (χ0v) is 18.1. The Kier molecular flexibility index (Phi) is 7.54. The molecule has 2 saturated heterocycles. The van der Waals surface area contributed by atoms with E-state index >= 15 is 0 Å². The molecule has 0 radical (unpaired) electrons. The quantitative estimate of drug-likeness (QED) is 0.737. The molecule has 2 aliphatic heterocycles. The summed E-state index contributed by atoms with van der Waals surface area (Å²) in [6.45, 7) is 11.7. The lowest BCUT2D eigenvalue weighted by Gasteiger charge is -2.40. The second-order valence-electron chi connectivity index (χ2n) is 9.49. The van der Waals surface area contributed by atoms with Crippen molar-refractivity contribution in [3.8, 4) is 6.07 Å². The minimum absolute atomic E-state index is 0.325. The molecule has 4 atom stereocenters. The first-order valence-electron chi connectivity index (χ1n) is 11.4. The molecule has 0 bridgehead atoms. The highest BCUT2D eigenvalue weighted by molar-refractivity contribution is 5.77. The lowest BCUT2D eigenvalue weighted by atomic mass is 9.69. The lowest BCUT2D eigenvalue weighted by Crippen LogP contribution is -2.95. The average Bonchev–Trinajstić information content (AvgIpc) is 2.70. The zero-order chi connectivity index (χ0) is 20.1. The maximum Gasteiger partial charge on any atom is 0.223 e. The molecule has 3 rings (SSSR count). The standard InChI is InChI=1S/C23H38N4O/c1-17(2)21-15-20(18(3)14-19(21)7-8-24)16-23(28)27-12-10-26(11-13-27)22-6-4-5-9-25-22/h14,17,19-22,25H,4-7,9-13,15-16H2,1-3H3/p+1. The van der Waals surface area contributed by atoms with E-state index in [4.69, 9.17) is 5.26 Å². The second-order valence-corrected chi connectivity index (χ2v) is 9.49. The molecule has 0 aromatic heterocycles. The highest BCUT2D eigenvalue weighted by Gasteiger charge is 2.34. The average molecular weight is 388 g/mol. The SMILES string of the molecule is CC1=CC(CC#N)C(C(C)C)CC1CC(=O)N1CCN(C2CCCC[NH2+]2)CC1. The third kappa shape index (κ3) is 5.15. The third-order valence-electron chi connectivity index (χ3n) is 7.36. The molecule has 28 heavy (non-hydrogen) atoms. The van der Waals surface area contributed by atoms with Gasteiger partial charge in [0.1, 0.15) is 6.17 Å². The zero-order valence-electron chi connectivity index (χ0n) is 18.1. The number of hydrogen-bond donors (Lipinski definition) is 1. The number of rotatable bonds is 5. The number of piperidine rings is 1. The number of nitriles is 1. The molecule has 2 N–H and O–H groups in total. The largest absolute Gasteiger partial charge is 0.340 e. The van der Waals surface area contributed by atoms with Crippen molar-refractivity contribution in [2.75, 3.05) is 32.7 Å². The van der Waals surface area contributed by atoms with Crippen molar-refractivity contribution in [3.05, 3.63) is 11.6 Å². The van der Waals surface area contributed by atoms with Crippen molar-refractivity contribution in [3.63, 3.8) is 0 Å². The van der Waals surface area contributed by atoms with Gasteiger partial charge >= 0.3 is 0 Å². The fourth-order valence-electron chi connectivity index (χ4n) is 5.51. The van der Waals surface area contributed by atoms with Crippen LogP contribution >= 0.6 is 0 Å². The third-order valence-corrected chi connectivity index (χ3v) is 7.36. The van der Waals surface area contributed by atoms with Crippen LogP contribution in [0.1, 0.15) is 59.3 Å². The molecule has 2 heterocycles. The van der Waals surface area contributed by atoms with E-state index < -0.39 is 0 Å². The van der Waals surface area contributed by atoms with E-state index in [1.165, 1.54) is 31.4 Å². The Balaban J connectivity index is 1.53. The number of nitrogens with two attached hydrogens (primary N) is 1. The number of piperazine rings is 1. The van der Waals surface area contributed by atoms with Gasteiger partial charge in [0.05, 0.1) is 12.6 Å². The Hall–Kier alpha value is -1.38. The van der Waals surface area contributed by atoms with Crippen molar-refractivity contribution in [1.82, 2.24) is 9.80 Å². The van der Waals surface area contributed by atoms with Crippen molar-refractivity contribution in [2.24, 2.45) is 23.7 Å². The Bertz CT molecular complexity index is 594. The monoisotopic (exact) mass is 387 g/mol. The van der Waals surface area contributed by atoms with Gasteiger partial charge in [-0.2, -0.15) is 5.26 Å². The smallest absolute Gasteiger partial charge is 0.223 e. The molecule has 0 spiro atoms. The van der Waals surface area contributed by atoms with Gasteiger partial charge in [-0.3, -0.25) is 9.69 Å². The maximum atomic E-state index is 13.0. The molecule has 4 unspecified atom stereocenters. The van der Waals surface area contributed by atoms with Crippen LogP contribution in [0.4, 0.5) is 0 Å². The fourth-order valence-corrected chi connectivity index (χ4v) is 5.51. The molecule has 0 aromatic carbocycles. The highest BCUT2D eigenvalue weighted by atomic mass is 16.2. The normalized spacial score (nSPS) is 32.1. The number of carbonyl (C=O) groups excluding carboxylic acids is 1. The van der Waals surface area contributed by atoms with Gasteiger partial charge in [0.25, 0.3) is 0 Å². The van der Waals surface area contributed by atoms with Crippen LogP contribution < -0.4 is 5.32 Å². The summed E-state index contributed by atoms with van der Waals surface area (Å²) in [6, 6.07) is 2.35. The molecule has 5 heteroatoms. The number of carbonyl (C=O) groups is 1. The molecule has 0 saturated carbocycles. The molecule has 3 aliphatic rings. The van der Waals surface area contributed by atoms with Gasteiger partial charge in [-0.1, -0.05) is 25.5 Å². The summed E-state index contributed by atoms with van der Waals surface area (Å²) >= 11 is 0. The van der Waals surface area contributed by atoms with Gasteiger partial charge in [0.15, 0.2) is 0 Å². The fraction of sp³-hybridized carbons (Fsp3) is 0.826. The van der Waals surface area contributed by atoms with E-state index in [0.29, 0.717) is 48.6 Å². The summed E-state index contributed by atoms with van der Waals surface area (Å²) in [5.74, 6) is 2.09. The molecule has 2 fully saturated rings. The summed E-state index contributed by atoms with van der Waals surface area (Å²) in [5.41, 5.74) is 1.32. The van der Waals surface area contributed by atoms with Gasteiger partial charge in [-0.15, -0.1) is 0 Å². The lowest BCUT2D eigenvalue weighted by molar-refractivity contribution is -0.717. The molecule has 5 nitrogen and oxygen atoms in total. The summed E-state index contributed by atoms with van der Waals surface area (Å²) in [6.07, 6.45) is 9.20. The van der Waals surface area contributed by atoms with Gasteiger partial charge in [0.2, 0.25) is 5.91 Å². The molecule has 156 valence electrons. The second kappa shape index (κ2) is 9.89. The first-order valence-corrected chi connectivity index (χ1v) is 11.4. The topological polar surface area (TPSA) is 64.0 Å². The van der Waals surface area contributed by atoms with Crippen LogP contribution in [-0.4, -0.2) is 54.6 Å². The molecule has 0 aromatic rings. The Labute approximate surface area is 171 Å². The summed E-state index contributed by atoms with van der Waals surface area (Å²) < 4.78 is 0. The molecular formula is C23H39N4O+. The first kappa shape index (κ1) is 21.3. The predicted molar refractivity (Wildman–Crippen MR) is 111 cm³/mol. The predicted octanol–water partition coefficient (Wildman–Crippen LogP) is 2.36. The number of amides is 1. The van der Waals surface area contributed by atoms with Crippen LogP contribution in [0.15, 0.2) is 11.6 Å². The van der Waals surface area contributed by atoms with Crippen molar-refractivity contribution >= 4 is 5.91 Å². The van der Waals surface area contributed by atoms with E-state index in [1.54, 1.807) is 0 Å². The summed E-state index contributed by atoms with van der Waals surface area (Å²) in [7, 11) is 0. The molecule has 1 amide bonds. The van der Waals surface area contributed by atoms with E-state index in [9.17, 15) is 4.79 Å². The number of nitrogens with zero attached hydrogens (tertiary/aromatic N) is 3. The van der Waals surface area contributed by atoms with Crippen molar-refractivity contribution in [2.45, 2.75) is 65.5 Å². The van der Waals surface area contributed by atoms with Crippen LogP contribution in [0.5, 0.6) is 0 Å². The Morgan fingerprint density at radius 2 is 2.04 bits per heavy atom. The van der Waals surface area contributed by atoms with Gasteiger partial charge in [-0.05, 0) is 49.9 Å². The number of quaternary nitrogens is 1. The van der Waals surface area contributed by atoms with Crippen LogP contribution in [0, 0.1) is 35.0 Å². The Morgan fingerprint density at radius 1 is 1.29 bits per heavy atom. The van der Waals surface area contributed by atoms with Crippen LogP contribution in [0.2, 0.25) is 0 Å². The number of hydrogen-bond acceptors (Lipinski definition) is 3. The van der Waals surface area contributed by atoms with Gasteiger partial charge < -0.3 is 10.2 Å². The molecular weight excluding hydrogens is 348 g/mol. The minimum atomic E-state index is 0.325. The summed E-state index contributed by atoms with van der Waals surface area (Å²) in [5, 5.41) is 11.6. The first-order chi connectivity index (χ1) is 13.5. The highest BCUT2D eigenvalue weighted by Crippen LogP contribution is 2.40. The van der Waals surface area contributed by atoms with Crippen LogP contribution in [0.25, 0.3) is 0 Å². The van der Waals surface area contributed by atoms with Gasteiger partial charge in [0, 0.05) is 45.4 Å². The minimum Gasteiger partial charge on any atom is -0.340 e. The Morgan fingerprint density at radius 3 is 2.64 bits per heavy atom. The molecule has 1 aliphatic carbocycles. The number of allylic oxidation sites excluding steroid dienone is 2.